The third-order valence-corrected chi connectivity index (χ3v) is 7.05. The van der Waals surface area contributed by atoms with Gasteiger partial charge in [-0.25, -0.2) is 0 Å². The first-order chi connectivity index (χ1) is 16.7. The van der Waals surface area contributed by atoms with Crippen molar-refractivity contribution in [1.82, 2.24) is 19.4 Å². The van der Waals surface area contributed by atoms with Crippen molar-refractivity contribution in [1.29, 1.82) is 0 Å². The van der Waals surface area contributed by atoms with Crippen molar-refractivity contribution >= 4 is 27.7 Å². The molecule has 5 rings (SSSR count). The maximum Gasteiger partial charge on any atom is 0.237 e. The van der Waals surface area contributed by atoms with E-state index in [-0.39, 0.29) is 12.5 Å². The number of hydrogen-bond acceptors (Lipinski definition) is 4. The average Bonchev–Trinajstić information content (AvgIpc) is 3.16. The molecule has 1 atom stereocenters. The van der Waals surface area contributed by atoms with E-state index in [0.29, 0.717) is 6.04 Å². The lowest BCUT2D eigenvalue weighted by atomic mass is 9.90. The number of nitrogens with zero attached hydrogens (tertiary/aromatic N) is 4. The molecule has 1 aliphatic carbocycles. The van der Waals surface area contributed by atoms with Crippen molar-refractivity contribution in [2.75, 3.05) is 6.54 Å². The summed E-state index contributed by atoms with van der Waals surface area (Å²) < 4.78 is 1.98. The van der Waals surface area contributed by atoms with Crippen molar-refractivity contribution in [2.24, 2.45) is 5.73 Å². The zero-order valence-corrected chi connectivity index (χ0v) is 19.9. The van der Waals surface area contributed by atoms with E-state index in [1.165, 1.54) is 36.9 Å². The van der Waals surface area contributed by atoms with Crippen LogP contribution in [0.1, 0.15) is 62.0 Å². The number of primary amides is 1. The van der Waals surface area contributed by atoms with Crippen molar-refractivity contribution in [3.05, 3.63) is 71.8 Å². The van der Waals surface area contributed by atoms with Gasteiger partial charge in [-0.05, 0) is 56.0 Å². The molecule has 0 spiro atoms. The molecule has 1 aliphatic rings. The second-order valence-corrected chi connectivity index (χ2v) is 9.40. The number of carbonyl (C=O) groups excluding carboxylic acids is 1. The number of amides is 1. The Labute approximate surface area is 200 Å². The number of fused-ring (bicyclic) bond motifs is 4. The van der Waals surface area contributed by atoms with Crippen LogP contribution < -0.4 is 5.73 Å². The maximum absolute atomic E-state index is 11.7. The van der Waals surface area contributed by atoms with Gasteiger partial charge in [0.15, 0.2) is 0 Å². The van der Waals surface area contributed by atoms with Gasteiger partial charge in [0.1, 0.15) is 6.54 Å². The van der Waals surface area contributed by atoms with Gasteiger partial charge in [-0.15, -0.1) is 0 Å². The third-order valence-electron chi connectivity index (χ3n) is 7.05. The number of pyridine rings is 2. The molecule has 0 saturated carbocycles. The van der Waals surface area contributed by atoms with Gasteiger partial charge >= 0.3 is 0 Å². The molecule has 6 nitrogen and oxygen atoms in total. The second kappa shape index (κ2) is 9.94. The molecule has 0 fully saturated rings. The van der Waals surface area contributed by atoms with Crippen LogP contribution >= 0.6 is 0 Å². The highest BCUT2D eigenvalue weighted by atomic mass is 16.1. The van der Waals surface area contributed by atoms with Gasteiger partial charge in [0.25, 0.3) is 0 Å². The van der Waals surface area contributed by atoms with Gasteiger partial charge in [-0.3, -0.25) is 19.7 Å². The molecule has 3 aromatic heterocycles. The summed E-state index contributed by atoms with van der Waals surface area (Å²) in [6, 6.07) is 15.0. The number of hydrogen-bond donors (Lipinski definition) is 1. The fraction of sp³-hybridized carbons (Fsp3) is 0.393. The Morgan fingerprint density at radius 2 is 2.00 bits per heavy atom. The van der Waals surface area contributed by atoms with Crippen LogP contribution in [0.5, 0.6) is 0 Å². The highest BCUT2D eigenvalue weighted by Gasteiger charge is 2.27. The number of para-hydroxylation sites is 1. The maximum atomic E-state index is 11.7. The van der Waals surface area contributed by atoms with Gasteiger partial charge < -0.3 is 10.3 Å². The Bertz CT molecular complexity index is 1310. The van der Waals surface area contributed by atoms with Crippen LogP contribution in [0.2, 0.25) is 0 Å². The number of nitrogens with two attached hydrogens (primary N) is 1. The number of rotatable bonds is 9. The van der Waals surface area contributed by atoms with Gasteiger partial charge in [-0.1, -0.05) is 44.0 Å². The van der Waals surface area contributed by atoms with Gasteiger partial charge in [-0.2, -0.15) is 0 Å². The lowest BCUT2D eigenvalue weighted by Gasteiger charge is -2.35. The first-order valence-corrected chi connectivity index (χ1v) is 12.5. The minimum Gasteiger partial charge on any atom is -0.368 e. The van der Waals surface area contributed by atoms with Gasteiger partial charge in [0.2, 0.25) is 5.91 Å². The summed E-state index contributed by atoms with van der Waals surface area (Å²) in [6.07, 6.45) is 10.9. The van der Waals surface area contributed by atoms with E-state index in [0.717, 1.165) is 53.4 Å². The lowest BCUT2D eigenvalue weighted by Crippen LogP contribution is -2.33. The van der Waals surface area contributed by atoms with E-state index < -0.39 is 0 Å². The fourth-order valence-electron chi connectivity index (χ4n) is 5.46. The number of aromatic nitrogens is 3. The molecule has 0 bridgehead atoms. The Balaban J connectivity index is 1.51. The lowest BCUT2D eigenvalue weighted by molar-refractivity contribution is -0.118. The largest absolute Gasteiger partial charge is 0.368 e. The summed E-state index contributed by atoms with van der Waals surface area (Å²) in [6.45, 7) is 4.23. The van der Waals surface area contributed by atoms with Crippen LogP contribution in [0.15, 0.2) is 54.9 Å². The summed E-state index contributed by atoms with van der Waals surface area (Å²) in [5, 5.41) is 2.25. The Morgan fingerprint density at radius 3 is 2.85 bits per heavy atom. The minimum absolute atomic E-state index is 0.151. The second-order valence-electron chi connectivity index (χ2n) is 9.40. The number of unbranched alkanes of at least 4 members (excludes halogenated alkanes) is 2. The quantitative estimate of drug-likeness (QED) is 0.355. The molecule has 4 aromatic rings. The standard InChI is InChI=1S/C28H33N5O/c1-2-3-6-15-32(25-13-7-9-20-10-8-14-30-28(20)25)18-21-16-23-22-11-4-5-12-24(22)33(19-27(29)34)26(23)17-31-21/h4-5,8,10-12,14,16-17,25H,2-3,6-7,9,13,15,18-19H2,1H3,(H2,29,34). The topological polar surface area (TPSA) is 77.0 Å². The smallest absolute Gasteiger partial charge is 0.237 e. The van der Waals surface area contributed by atoms with E-state index in [2.05, 4.69) is 36.1 Å². The van der Waals surface area contributed by atoms with Crippen LogP contribution in [0.4, 0.5) is 0 Å². The molecule has 0 radical (unpaired) electrons. The highest BCUT2D eigenvalue weighted by Crippen LogP contribution is 2.35. The predicted molar refractivity (Wildman–Crippen MR) is 136 cm³/mol. The normalized spacial score (nSPS) is 15.8. The van der Waals surface area contributed by atoms with Crippen molar-refractivity contribution in [2.45, 2.75) is 64.6 Å². The minimum atomic E-state index is -0.350. The van der Waals surface area contributed by atoms with E-state index in [9.17, 15) is 4.79 Å². The monoisotopic (exact) mass is 455 g/mol. The molecule has 3 heterocycles. The SMILES string of the molecule is CCCCCN(Cc1cc2c3ccccc3n(CC(N)=O)c2cn1)C1CCCc2cccnc21. The summed E-state index contributed by atoms with van der Waals surface area (Å²) in [5.74, 6) is -0.350. The molecule has 176 valence electrons. The molecular formula is C28H33N5O. The van der Waals surface area contributed by atoms with Crippen LogP contribution in [0.3, 0.4) is 0 Å². The molecule has 2 N–H and O–H groups in total. The molecule has 34 heavy (non-hydrogen) atoms. The number of aryl methyl sites for hydroxylation is 1. The van der Waals surface area contributed by atoms with Crippen LogP contribution in [0, 0.1) is 0 Å². The summed E-state index contributed by atoms with van der Waals surface area (Å²) in [4.78, 5) is 24.0. The number of carbonyl (C=O) groups is 1. The Kier molecular flexibility index (Phi) is 6.59. The molecule has 0 aliphatic heterocycles. The molecule has 0 saturated heterocycles. The fourth-order valence-corrected chi connectivity index (χ4v) is 5.46. The van der Waals surface area contributed by atoms with Crippen molar-refractivity contribution in [3.63, 3.8) is 0 Å². The molecule has 1 aromatic carbocycles. The van der Waals surface area contributed by atoms with Crippen molar-refractivity contribution < 1.29 is 4.79 Å². The third kappa shape index (κ3) is 4.42. The van der Waals surface area contributed by atoms with Crippen LogP contribution in [-0.2, 0) is 24.3 Å². The molecule has 1 amide bonds. The van der Waals surface area contributed by atoms with Crippen molar-refractivity contribution in [3.8, 4) is 0 Å². The summed E-state index contributed by atoms with van der Waals surface area (Å²) in [5.41, 5.74) is 11.2. The van der Waals surface area contributed by atoms with E-state index in [4.69, 9.17) is 15.7 Å². The number of benzene rings is 1. The first kappa shape index (κ1) is 22.5. The highest BCUT2D eigenvalue weighted by molar-refractivity contribution is 6.08. The predicted octanol–water partition coefficient (Wildman–Crippen LogP) is 5.14. The van der Waals surface area contributed by atoms with E-state index in [1.807, 2.05) is 35.2 Å². The van der Waals surface area contributed by atoms with Gasteiger partial charge in [0, 0.05) is 29.0 Å². The molecular weight excluding hydrogens is 422 g/mol. The molecule has 6 heteroatoms. The first-order valence-electron chi connectivity index (χ1n) is 12.5. The zero-order chi connectivity index (χ0) is 23.5. The van der Waals surface area contributed by atoms with E-state index >= 15 is 0 Å². The Hall–Kier alpha value is -3.25. The summed E-state index contributed by atoms with van der Waals surface area (Å²) in [7, 11) is 0. The van der Waals surface area contributed by atoms with Gasteiger partial charge in [0.05, 0.1) is 29.1 Å². The summed E-state index contributed by atoms with van der Waals surface area (Å²) >= 11 is 0. The average molecular weight is 456 g/mol. The molecule has 1 unspecified atom stereocenters. The van der Waals surface area contributed by atoms with E-state index in [1.54, 1.807) is 0 Å². The Morgan fingerprint density at radius 1 is 1.12 bits per heavy atom. The van der Waals surface area contributed by atoms with Crippen LogP contribution in [-0.4, -0.2) is 31.9 Å². The zero-order valence-electron chi connectivity index (χ0n) is 19.9. The van der Waals surface area contributed by atoms with Crippen LogP contribution in [0.25, 0.3) is 21.8 Å².